The number of nitro benzene ring substituents is 1. The van der Waals surface area contributed by atoms with Crippen molar-refractivity contribution >= 4 is 23.2 Å². The van der Waals surface area contributed by atoms with E-state index < -0.39 is 22.3 Å². The SMILES string of the molecule is Cc1ccc(C(CNC(=O)C2CC(=O)N(c3ccc(F)c([N+](=O)[O-])c3)C2)N2CCOCC2)cc1. The van der Waals surface area contributed by atoms with Crippen LogP contribution in [0.1, 0.15) is 23.6 Å². The van der Waals surface area contributed by atoms with Crippen LogP contribution in [0.2, 0.25) is 0 Å². The van der Waals surface area contributed by atoms with E-state index in [0.717, 1.165) is 36.3 Å². The van der Waals surface area contributed by atoms with E-state index in [1.807, 2.05) is 19.1 Å². The minimum Gasteiger partial charge on any atom is -0.379 e. The Morgan fingerprint density at radius 1 is 1.24 bits per heavy atom. The molecule has 10 heteroatoms. The first-order valence-corrected chi connectivity index (χ1v) is 11.2. The predicted octanol–water partition coefficient (Wildman–Crippen LogP) is 2.58. The Morgan fingerprint density at radius 3 is 2.62 bits per heavy atom. The molecule has 34 heavy (non-hydrogen) atoms. The maximum Gasteiger partial charge on any atom is 0.306 e. The Labute approximate surface area is 196 Å². The van der Waals surface area contributed by atoms with Crippen LogP contribution in [-0.2, 0) is 14.3 Å². The first kappa shape index (κ1) is 23.8. The summed E-state index contributed by atoms with van der Waals surface area (Å²) in [6.45, 7) is 5.27. The number of halogens is 1. The lowest BCUT2D eigenvalue weighted by Crippen LogP contribution is -2.45. The van der Waals surface area contributed by atoms with Crippen molar-refractivity contribution in [2.24, 2.45) is 5.92 Å². The van der Waals surface area contributed by atoms with E-state index in [0.29, 0.717) is 19.8 Å². The van der Waals surface area contributed by atoms with Gasteiger partial charge in [0.15, 0.2) is 0 Å². The molecule has 1 N–H and O–H groups in total. The van der Waals surface area contributed by atoms with E-state index in [4.69, 9.17) is 4.74 Å². The zero-order chi connectivity index (χ0) is 24.2. The number of ether oxygens (including phenoxy) is 1. The maximum absolute atomic E-state index is 13.7. The van der Waals surface area contributed by atoms with Crippen LogP contribution in [0, 0.1) is 28.8 Å². The van der Waals surface area contributed by atoms with Crippen molar-refractivity contribution in [3.63, 3.8) is 0 Å². The number of carbonyl (C=O) groups excluding carboxylic acids is 2. The van der Waals surface area contributed by atoms with E-state index in [2.05, 4.69) is 22.3 Å². The van der Waals surface area contributed by atoms with Crippen LogP contribution in [0.3, 0.4) is 0 Å². The van der Waals surface area contributed by atoms with E-state index >= 15 is 0 Å². The number of carbonyl (C=O) groups is 2. The molecule has 0 spiro atoms. The fraction of sp³-hybridized carbons (Fsp3) is 0.417. The zero-order valence-corrected chi connectivity index (χ0v) is 18.9. The Morgan fingerprint density at radius 2 is 1.94 bits per heavy atom. The number of aryl methyl sites for hydroxylation is 1. The molecule has 0 radical (unpaired) electrons. The largest absolute Gasteiger partial charge is 0.379 e. The number of rotatable bonds is 7. The van der Waals surface area contributed by atoms with Crippen LogP contribution in [0.15, 0.2) is 42.5 Å². The Hall–Kier alpha value is -3.37. The van der Waals surface area contributed by atoms with E-state index in [9.17, 15) is 24.1 Å². The highest BCUT2D eigenvalue weighted by Crippen LogP contribution is 2.30. The minimum absolute atomic E-state index is 0.0102. The second-order valence-corrected chi connectivity index (χ2v) is 8.62. The molecule has 2 aromatic carbocycles. The van der Waals surface area contributed by atoms with Gasteiger partial charge in [0, 0.05) is 38.7 Å². The lowest BCUT2D eigenvalue weighted by molar-refractivity contribution is -0.387. The van der Waals surface area contributed by atoms with Crippen molar-refractivity contribution in [1.82, 2.24) is 10.2 Å². The quantitative estimate of drug-likeness (QED) is 0.493. The number of anilines is 1. The summed E-state index contributed by atoms with van der Waals surface area (Å²) in [5.74, 6) is -2.15. The predicted molar refractivity (Wildman–Crippen MR) is 123 cm³/mol. The molecule has 2 amide bonds. The standard InChI is InChI=1S/C24H27FN4O5/c1-16-2-4-17(5-3-16)22(27-8-10-34-11-9-27)14-26-24(31)18-12-23(30)28(15-18)19-6-7-20(25)21(13-19)29(32)33/h2-7,13,18,22H,8-12,14-15H2,1H3,(H,26,31). The molecule has 2 unspecified atom stereocenters. The third-order valence-corrected chi connectivity index (χ3v) is 6.35. The molecule has 2 aromatic rings. The van der Waals surface area contributed by atoms with Crippen molar-refractivity contribution in [3.8, 4) is 0 Å². The average Bonchev–Trinajstić information content (AvgIpc) is 3.22. The van der Waals surface area contributed by atoms with Gasteiger partial charge in [-0.1, -0.05) is 29.8 Å². The number of hydrogen-bond donors (Lipinski definition) is 1. The highest BCUT2D eigenvalue weighted by molar-refractivity contribution is 6.00. The highest BCUT2D eigenvalue weighted by Gasteiger charge is 2.36. The maximum atomic E-state index is 13.7. The molecule has 2 atom stereocenters. The van der Waals surface area contributed by atoms with Gasteiger partial charge in [-0.25, -0.2) is 0 Å². The summed E-state index contributed by atoms with van der Waals surface area (Å²) in [5, 5.41) is 14.0. The lowest BCUT2D eigenvalue weighted by atomic mass is 10.0. The minimum atomic E-state index is -0.972. The van der Waals surface area contributed by atoms with Crippen molar-refractivity contribution in [3.05, 3.63) is 69.5 Å². The Kier molecular flexibility index (Phi) is 7.18. The molecule has 180 valence electrons. The first-order chi connectivity index (χ1) is 16.3. The second-order valence-electron chi connectivity index (χ2n) is 8.62. The summed E-state index contributed by atoms with van der Waals surface area (Å²) in [5.41, 5.74) is 1.75. The van der Waals surface area contributed by atoms with Gasteiger partial charge in [-0.15, -0.1) is 0 Å². The molecule has 4 rings (SSSR count). The van der Waals surface area contributed by atoms with Gasteiger partial charge in [-0.05, 0) is 24.6 Å². The van der Waals surface area contributed by atoms with Gasteiger partial charge >= 0.3 is 5.69 Å². The molecule has 2 saturated heterocycles. The van der Waals surface area contributed by atoms with Gasteiger partial charge in [0.2, 0.25) is 17.6 Å². The number of nitro groups is 1. The Balaban J connectivity index is 1.43. The molecule has 2 aliphatic heterocycles. The summed E-state index contributed by atoms with van der Waals surface area (Å²) in [4.78, 5) is 39.3. The third-order valence-electron chi connectivity index (χ3n) is 6.35. The van der Waals surface area contributed by atoms with Crippen molar-refractivity contribution in [2.75, 3.05) is 44.3 Å². The number of morpholine rings is 1. The lowest BCUT2D eigenvalue weighted by Gasteiger charge is -2.35. The van der Waals surface area contributed by atoms with Crippen LogP contribution < -0.4 is 10.2 Å². The zero-order valence-electron chi connectivity index (χ0n) is 18.9. The summed E-state index contributed by atoms with van der Waals surface area (Å²) < 4.78 is 19.2. The molecular weight excluding hydrogens is 443 g/mol. The molecule has 2 fully saturated rings. The van der Waals surface area contributed by atoms with Gasteiger partial charge < -0.3 is 15.0 Å². The number of benzene rings is 2. The van der Waals surface area contributed by atoms with Gasteiger partial charge in [-0.3, -0.25) is 24.6 Å². The van der Waals surface area contributed by atoms with E-state index in [-0.39, 0.29) is 36.5 Å². The highest BCUT2D eigenvalue weighted by atomic mass is 19.1. The van der Waals surface area contributed by atoms with Gasteiger partial charge in [0.05, 0.1) is 35.8 Å². The van der Waals surface area contributed by atoms with Crippen LogP contribution in [0.25, 0.3) is 0 Å². The normalized spacial score (nSPS) is 19.8. The van der Waals surface area contributed by atoms with Gasteiger partial charge in [0.1, 0.15) is 0 Å². The van der Waals surface area contributed by atoms with Crippen LogP contribution in [0.5, 0.6) is 0 Å². The molecule has 9 nitrogen and oxygen atoms in total. The monoisotopic (exact) mass is 470 g/mol. The van der Waals surface area contributed by atoms with Crippen LogP contribution in [-0.4, -0.2) is 61.0 Å². The molecule has 2 aliphatic rings. The molecule has 2 heterocycles. The fourth-order valence-corrected chi connectivity index (χ4v) is 4.42. The number of hydrogen-bond acceptors (Lipinski definition) is 6. The molecule has 0 bridgehead atoms. The summed E-state index contributed by atoms with van der Waals surface area (Å²) in [6.07, 6.45) is -0.0102. The third kappa shape index (κ3) is 5.23. The fourth-order valence-electron chi connectivity index (χ4n) is 4.42. The van der Waals surface area contributed by atoms with Crippen molar-refractivity contribution in [2.45, 2.75) is 19.4 Å². The first-order valence-electron chi connectivity index (χ1n) is 11.2. The van der Waals surface area contributed by atoms with E-state index in [1.165, 1.54) is 11.0 Å². The van der Waals surface area contributed by atoms with E-state index in [1.54, 1.807) is 0 Å². The number of nitrogens with zero attached hydrogens (tertiary/aromatic N) is 3. The Bertz CT molecular complexity index is 1070. The second kappa shape index (κ2) is 10.3. The van der Waals surface area contributed by atoms with Crippen LogP contribution in [0.4, 0.5) is 15.8 Å². The summed E-state index contributed by atoms with van der Waals surface area (Å²) in [6, 6.07) is 11.5. The van der Waals surface area contributed by atoms with Crippen LogP contribution >= 0.6 is 0 Å². The molecular formula is C24H27FN4O5. The number of nitrogens with one attached hydrogen (secondary N) is 1. The average molecular weight is 471 g/mol. The van der Waals surface area contributed by atoms with Crippen molar-refractivity contribution in [1.29, 1.82) is 0 Å². The molecule has 0 aliphatic carbocycles. The summed E-state index contributed by atoms with van der Waals surface area (Å²) >= 11 is 0. The van der Waals surface area contributed by atoms with Gasteiger partial charge in [0.25, 0.3) is 0 Å². The number of amides is 2. The smallest absolute Gasteiger partial charge is 0.306 e. The topological polar surface area (TPSA) is 105 Å². The molecule has 0 aromatic heterocycles. The molecule has 0 saturated carbocycles. The van der Waals surface area contributed by atoms with Gasteiger partial charge in [-0.2, -0.15) is 4.39 Å². The van der Waals surface area contributed by atoms with Crippen molar-refractivity contribution < 1.29 is 23.6 Å². The summed E-state index contributed by atoms with van der Waals surface area (Å²) in [7, 11) is 0.